The van der Waals surface area contributed by atoms with Gasteiger partial charge in [0.25, 0.3) is 0 Å². The molecule has 2 N–H and O–H groups in total. The lowest BCUT2D eigenvalue weighted by Gasteiger charge is -2.02. The van der Waals surface area contributed by atoms with Gasteiger partial charge in [-0.15, -0.1) is 0 Å². The number of rotatable bonds is 1. The Balaban J connectivity index is 2.79. The zero-order valence-corrected chi connectivity index (χ0v) is 8.26. The summed E-state index contributed by atoms with van der Waals surface area (Å²) in [7, 11) is 0. The number of aromatic nitrogens is 4. The van der Waals surface area contributed by atoms with Crippen LogP contribution in [0.15, 0.2) is 23.3 Å². The third kappa shape index (κ3) is 1.29. The van der Waals surface area contributed by atoms with E-state index in [1.54, 1.807) is 12.4 Å². The second kappa shape index (κ2) is 3.22. The van der Waals surface area contributed by atoms with E-state index in [1.165, 1.54) is 4.57 Å². The molecule has 0 fully saturated rings. The van der Waals surface area contributed by atoms with Crippen LogP contribution < -0.4 is 5.69 Å². The highest BCUT2D eigenvalue weighted by Gasteiger charge is 2.05. The second-order valence-corrected chi connectivity index (χ2v) is 3.24. The molecule has 2 rings (SSSR count). The van der Waals surface area contributed by atoms with E-state index in [0.717, 1.165) is 5.56 Å². The molecule has 2 heterocycles. The largest absolute Gasteiger partial charge is 0.347 e. The summed E-state index contributed by atoms with van der Waals surface area (Å²) < 4.78 is 1.71. The average Bonchev–Trinajstić information content (AvgIpc) is 2.48. The molecule has 0 unspecified atom stereocenters. The topological polar surface area (TPSA) is 66.5 Å². The van der Waals surface area contributed by atoms with E-state index in [9.17, 15) is 4.79 Å². The summed E-state index contributed by atoms with van der Waals surface area (Å²) in [6.45, 7) is 1.89. The molecule has 0 atom stereocenters. The normalized spacial score (nSPS) is 10.4. The number of hydrogen-bond donors (Lipinski definition) is 2. The monoisotopic (exact) mass is 208 g/mol. The Hall–Kier alpha value is -1.69. The van der Waals surface area contributed by atoms with Gasteiger partial charge >= 0.3 is 5.69 Å². The van der Waals surface area contributed by atoms with E-state index in [0.29, 0.717) is 10.5 Å². The van der Waals surface area contributed by atoms with Crippen LogP contribution in [0.25, 0.3) is 5.69 Å². The molecule has 0 radical (unpaired) electrons. The van der Waals surface area contributed by atoms with Gasteiger partial charge in [-0.1, -0.05) is 0 Å². The number of aryl methyl sites for hydroxylation is 1. The van der Waals surface area contributed by atoms with Gasteiger partial charge < -0.3 is 0 Å². The molecule has 0 aliphatic rings. The molecule has 6 heteroatoms. The fourth-order valence-corrected chi connectivity index (χ4v) is 1.45. The van der Waals surface area contributed by atoms with Gasteiger partial charge in [0.15, 0.2) is 0 Å². The van der Waals surface area contributed by atoms with Gasteiger partial charge in [-0.25, -0.2) is 14.5 Å². The lowest BCUT2D eigenvalue weighted by atomic mass is 10.2. The SMILES string of the molecule is Cc1ccncc1-n1c(=O)[nH][nH]c1=S. The Morgan fingerprint density at radius 3 is 2.86 bits per heavy atom. The highest BCUT2D eigenvalue weighted by atomic mass is 32.1. The Morgan fingerprint density at radius 2 is 2.29 bits per heavy atom. The lowest BCUT2D eigenvalue weighted by molar-refractivity contribution is 0.953. The van der Waals surface area contributed by atoms with Crippen LogP contribution in [-0.4, -0.2) is 19.7 Å². The summed E-state index contributed by atoms with van der Waals surface area (Å²) in [6.07, 6.45) is 3.28. The van der Waals surface area contributed by atoms with Crippen LogP contribution in [0, 0.1) is 11.7 Å². The molecule has 0 aromatic carbocycles. The summed E-state index contributed by atoms with van der Waals surface area (Å²) in [5.41, 5.74) is 1.35. The maximum absolute atomic E-state index is 11.4. The van der Waals surface area contributed by atoms with E-state index < -0.39 is 0 Å². The van der Waals surface area contributed by atoms with Gasteiger partial charge in [0.1, 0.15) is 0 Å². The van der Waals surface area contributed by atoms with Gasteiger partial charge in [-0.2, -0.15) is 0 Å². The molecule has 0 saturated carbocycles. The Bertz CT molecular complexity index is 537. The summed E-state index contributed by atoms with van der Waals surface area (Å²) in [5, 5.41) is 4.99. The van der Waals surface area contributed by atoms with Crippen molar-refractivity contribution in [1.29, 1.82) is 0 Å². The summed E-state index contributed by atoms with van der Waals surface area (Å²) in [4.78, 5) is 15.3. The Kier molecular flexibility index (Phi) is 2.05. The zero-order valence-electron chi connectivity index (χ0n) is 7.44. The van der Waals surface area contributed by atoms with Crippen LogP contribution in [0.3, 0.4) is 0 Å². The molecule has 0 amide bonds. The van der Waals surface area contributed by atoms with Crippen molar-refractivity contribution in [2.24, 2.45) is 0 Å². The number of nitrogens with one attached hydrogen (secondary N) is 2. The number of hydrogen-bond acceptors (Lipinski definition) is 3. The van der Waals surface area contributed by atoms with E-state index in [1.807, 2.05) is 13.0 Å². The first-order valence-corrected chi connectivity index (χ1v) is 4.41. The predicted octanol–water partition coefficient (Wildman–Crippen LogP) is 0.927. The highest BCUT2D eigenvalue weighted by Crippen LogP contribution is 2.08. The van der Waals surface area contributed by atoms with Crippen molar-refractivity contribution in [3.05, 3.63) is 39.3 Å². The second-order valence-electron chi connectivity index (χ2n) is 2.86. The van der Waals surface area contributed by atoms with Gasteiger partial charge in [0, 0.05) is 6.20 Å². The third-order valence-electron chi connectivity index (χ3n) is 1.93. The van der Waals surface area contributed by atoms with Crippen LogP contribution in [0.2, 0.25) is 0 Å². The number of pyridine rings is 1. The standard InChI is InChI=1S/C8H8N4OS/c1-5-2-3-9-4-6(5)12-7(13)10-11-8(12)14/h2-4H,1H3,(H,10,13)(H,11,14). The summed E-state index contributed by atoms with van der Waals surface area (Å²) in [5.74, 6) is 0. The number of H-pyrrole nitrogens is 2. The minimum absolute atomic E-state index is 0.286. The van der Waals surface area contributed by atoms with Gasteiger partial charge in [-0.05, 0) is 30.8 Å². The molecule has 0 bridgehead atoms. The van der Waals surface area contributed by atoms with Crippen LogP contribution in [0.1, 0.15) is 5.56 Å². The van der Waals surface area contributed by atoms with E-state index >= 15 is 0 Å². The maximum Gasteiger partial charge on any atom is 0.347 e. The molecule has 2 aromatic rings. The van der Waals surface area contributed by atoms with Crippen molar-refractivity contribution in [2.75, 3.05) is 0 Å². The van der Waals surface area contributed by atoms with Crippen LogP contribution in [0.5, 0.6) is 0 Å². The van der Waals surface area contributed by atoms with Crippen molar-refractivity contribution in [1.82, 2.24) is 19.7 Å². The van der Waals surface area contributed by atoms with Crippen molar-refractivity contribution in [3.8, 4) is 5.69 Å². The van der Waals surface area contributed by atoms with Gasteiger partial charge in [0.05, 0.1) is 11.9 Å². The summed E-state index contributed by atoms with van der Waals surface area (Å²) >= 11 is 4.96. The van der Waals surface area contributed by atoms with Crippen molar-refractivity contribution in [3.63, 3.8) is 0 Å². The summed E-state index contributed by atoms with van der Waals surface area (Å²) in [6, 6.07) is 1.82. The van der Waals surface area contributed by atoms with Crippen molar-refractivity contribution in [2.45, 2.75) is 6.92 Å². The highest BCUT2D eigenvalue weighted by molar-refractivity contribution is 7.71. The maximum atomic E-state index is 11.4. The minimum atomic E-state index is -0.286. The van der Waals surface area contributed by atoms with Crippen LogP contribution in [-0.2, 0) is 0 Å². The molecule has 2 aromatic heterocycles. The molecular formula is C8H8N4OS. The van der Waals surface area contributed by atoms with Crippen LogP contribution >= 0.6 is 12.2 Å². The predicted molar refractivity (Wildman–Crippen MR) is 54.1 cm³/mol. The first-order valence-electron chi connectivity index (χ1n) is 4.01. The quantitative estimate of drug-likeness (QED) is 0.685. The molecule has 0 spiro atoms. The molecule has 0 aliphatic heterocycles. The van der Waals surface area contributed by atoms with Gasteiger partial charge in [-0.3, -0.25) is 10.1 Å². The van der Waals surface area contributed by atoms with E-state index in [2.05, 4.69) is 15.2 Å². The number of nitrogens with zero attached hydrogens (tertiary/aromatic N) is 2. The van der Waals surface area contributed by atoms with Crippen molar-refractivity contribution >= 4 is 12.2 Å². The molecule has 0 aliphatic carbocycles. The van der Waals surface area contributed by atoms with Gasteiger partial charge in [0.2, 0.25) is 4.77 Å². The molecule has 0 saturated heterocycles. The molecule has 5 nitrogen and oxygen atoms in total. The molecule has 72 valence electrons. The lowest BCUT2D eigenvalue weighted by Crippen LogP contribution is -2.15. The van der Waals surface area contributed by atoms with E-state index in [4.69, 9.17) is 12.2 Å². The van der Waals surface area contributed by atoms with Crippen LogP contribution in [0.4, 0.5) is 0 Å². The Labute approximate surface area is 84.4 Å². The minimum Gasteiger partial charge on any atom is -0.272 e. The van der Waals surface area contributed by atoms with E-state index in [-0.39, 0.29) is 5.69 Å². The fraction of sp³-hybridized carbons (Fsp3) is 0.125. The average molecular weight is 208 g/mol. The molecule has 14 heavy (non-hydrogen) atoms. The zero-order chi connectivity index (χ0) is 10.1. The molecular weight excluding hydrogens is 200 g/mol. The fourth-order valence-electron chi connectivity index (χ4n) is 1.22. The first-order chi connectivity index (χ1) is 6.70. The van der Waals surface area contributed by atoms with Crippen molar-refractivity contribution < 1.29 is 0 Å². The Morgan fingerprint density at radius 1 is 1.50 bits per heavy atom. The first kappa shape index (κ1) is 8.89. The number of aromatic amines is 2. The third-order valence-corrected chi connectivity index (χ3v) is 2.22. The smallest absolute Gasteiger partial charge is 0.272 e.